The summed E-state index contributed by atoms with van der Waals surface area (Å²) >= 11 is 0. The van der Waals surface area contributed by atoms with Gasteiger partial charge >= 0.3 is 0 Å². The Balaban J connectivity index is 1.91. The molecule has 4 aromatic rings. The van der Waals surface area contributed by atoms with E-state index in [2.05, 4.69) is 4.72 Å². The van der Waals surface area contributed by atoms with Gasteiger partial charge in [-0.15, -0.1) is 0 Å². The van der Waals surface area contributed by atoms with Crippen molar-refractivity contribution in [3.05, 3.63) is 96.6 Å². The first-order valence-electron chi connectivity index (χ1n) is 11.1. The summed E-state index contributed by atoms with van der Waals surface area (Å²) in [7, 11) is -3.92. The number of anilines is 2. The molecule has 0 saturated heterocycles. The van der Waals surface area contributed by atoms with E-state index in [1.807, 2.05) is 43.3 Å². The molecular formula is C27H26N2O4S. The quantitative estimate of drug-likeness (QED) is 0.325. The largest absolute Gasteiger partial charge is 0.506 e. The lowest BCUT2D eigenvalue weighted by molar-refractivity contribution is 0.0997. The van der Waals surface area contributed by atoms with Gasteiger partial charge in [-0.05, 0) is 36.8 Å². The van der Waals surface area contributed by atoms with Crippen LogP contribution in [-0.4, -0.2) is 26.0 Å². The molecule has 0 fully saturated rings. The van der Waals surface area contributed by atoms with E-state index in [1.54, 1.807) is 48.5 Å². The van der Waals surface area contributed by atoms with Crippen molar-refractivity contribution in [1.82, 2.24) is 4.72 Å². The number of hydrogen-bond donors (Lipinski definition) is 2. The van der Waals surface area contributed by atoms with E-state index in [4.69, 9.17) is 0 Å². The lowest BCUT2D eigenvalue weighted by Gasteiger charge is -2.24. The fourth-order valence-corrected chi connectivity index (χ4v) is 5.14. The summed E-state index contributed by atoms with van der Waals surface area (Å²) in [5.74, 6) is -0.796. The zero-order chi connectivity index (χ0) is 24.1. The molecule has 7 heteroatoms. The smallest absolute Gasteiger partial charge is 0.266 e. The van der Waals surface area contributed by atoms with Gasteiger partial charge in [0.2, 0.25) is 10.0 Å². The molecule has 0 aliphatic rings. The van der Waals surface area contributed by atoms with Gasteiger partial charge in [-0.3, -0.25) is 9.69 Å². The number of carbonyl (C=O) groups is 1. The molecule has 4 aromatic carbocycles. The molecule has 0 unspecified atom stereocenters. The van der Waals surface area contributed by atoms with Crippen molar-refractivity contribution in [3.63, 3.8) is 0 Å². The van der Waals surface area contributed by atoms with Crippen molar-refractivity contribution in [2.45, 2.75) is 24.7 Å². The molecule has 4 rings (SSSR count). The zero-order valence-electron chi connectivity index (χ0n) is 18.8. The summed E-state index contributed by atoms with van der Waals surface area (Å²) in [4.78, 5) is 15.3. The van der Waals surface area contributed by atoms with Crippen LogP contribution < -0.4 is 9.62 Å². The number of phenolic OH excluding ortho intramolecular Hbond substituents is 1. The van der Waals surface area contributed by atoms with Crippen molar-refractivity contribution >= 4 is 38.1 Å². The Kier molecular flexibility index (Phi) is 6.95. The average molecular weight is 475 g/mol. The summed E-state index contributed by atoms with van der Waals surface area (Å²) in [6.07, 6.45) is 1.53. The molecule has 0 radical (unpaired) electrons. The Bertz CT molecular complexity index is 1370. The molecule has 2 N–H and O–H groups in total. The van der Waals surface area contributed by atoms with Gasteiger partial charge in [0, 0.05) is 28.7 Å². The summed E-state index contributed by atoms with van der Waals surface area (Å²) in [5.41, 5.74) is 1.09. The Morgan fingerprint density at radius 1 is 0.853 bits per heavy atom. The van der Waals surface area contributed by atoms with Crippen molar-refractivity contribution in [1.29, 1.82) is 0 Å². The van der Waals surface area contributed by atoms with Crippen molar-refractivity contribution < 1.29 is 18.3 Å². The third kappa shape index (κ3) is 4.66. The van der Waals surface area contributed by atoms with Gasteiger partial charge in [0.05, 0.1) is 10.5 Å². The van der Waals surface area contributed by atoms with E-state index in [1.165, 1.54) is 11.0 Å². The number of hydrogen-bond acceptors (Lipinski definition) is 4. The molecular weight excluding hydrogens is 448 g/mol. The standard InChI is InChI=1S/C27H26N2O4S/c1-2-3-18-28-34(32,33)25-19-24(26(30)23-17-11-10-16-22(23)25)27(31)29(20-12-6-4-7-13-20)21-14-8-5-9-15-21/h4-17,19,28,30H,2-3,18H2,1H3. The number of aromatic hydroxyl groups is 1. The minimum Gasteiger partial charge on any atom is -0.506 e. The van der Waals surface area contributed by atoms with Gasteiger partial charge in [-0.1, -0.05) is 74.0 Å². The fraction of sp³-hybridized carbons (Fsp3) is 0.148. The van der Waals surface area contributed by atoms with Gasteiger partial charge < -0.3 is 5.11 Å². The molecule has 0 spiro atoms. The first-order valence-corrected chi connectivity index (χ1v) is 12.6. The minimum atomic E-state index is -3.92. The normalized spacial score (nSPS) is 11.4. The topological polar surface area (TPSA) is 86.7 Å². The van der Waals surface area contributed by atoms with Gasteiger partial charge in [-0.2, -0.15) is 0 Å². The van der Waals surface area contributed by atoms with Crippen LogP contribution >= 0.6 is 0 Å². The maximum atomic E-state index is 13.9. The predicted octanol–water partition coefficient (Wildman–Crippen LogP) is 5.60. The van der Waals surface area contributed by atoms with E-state index in [-0.39, 0.29) is 22.8 Å². The average Bonchev–Trinajstić information content (AvgIpc) is 2.86. The van der Waals surface area contributed by atoms with Crippen molar-refractivity contribution in [3.8, 4) is 5.75 Å². The van der Waals surface area contributed by atoms with E-state index in [0.29, 0.717) is 28.6 Å². The second kappa shape index (κ2) is 10.1. The highest BCUT2D eigenvalue weighted by atomic mass is 32.2. The number of sulfonamides is 1. The van der Waals surface area contributed by atoms with Crippen LogP contribution in [0.3, 0.4) is 0 Å². The van der Waals surface area contributed by atoms with Gasteiger partial charge in [0.15, 0.2) is 0 Å². The Morgan fingerprint density at radius 2 is 1.38 bits per heavy atom. The lowest BCUT2D eigenvalue weighted by Crippen LogP contribution is -2.28. The second-order valence-electron chi connectivity index (χ2n) is 7.88. The Morgan fingerprint density at radius 3 is 1.94 bits per heavy atom. The van der Waals surface area contributed by atoms with Crippen LogP contribution in [0.4, 0.5) is 11.4 Å². The Hall–Kier alpha value is -3.68. The molecule has 0 heterocycles. The number of nitrogens with zero attached hydrogens (tertiary/aromatic N) is 1. The monoisotopic (exact) mass is 474 g/mol. The molecule has 0 atom stereocenters. The molecule has 0 bridgehead atoms. The second-order valence-corrected chi connectivity index (χ2v) is 9.61. The molecule has 0 aliphatic carbocycles. The van der Waals surface area contributed by atoms with Crippen LogP contribution in [0.15, 0.2) is 95.9 Å². The maximum Gasteiger partial charge on any atom is 0.266 e. The summed E-state index contributed by atoms with van der Waals surface area (Å²) in [6, 6.07) is 26.0. The highest BCUT2D eigenvalue weighted by Crippen LogP contribution is 2.37. The molecule has 1 amide bonds. The predicted molar refractivity (Wildman–Crippen MR) is 135 cm³/mol. The molecule has 6 nitrogen and oxygen atoms in total. The van der Waals surface area contributed by atoms with Crippen LogP contribution in [-0.2, 0) is 10.0 Å². The van der Waals surface area contributed by atoms with Crippen molar-refractivity contribution in [2.24, 2.45) is 0 Å². The third-order valence-corrected chi connectivity index (χ3v) is 7.05. The maximum absolute atomic E-state index is 13.9. The summed E-state index contributed by atoms with van der Waals surface area (Å²) < 4.78 is 29.0. The summed E-state index contributed by atoms with van der Waals surface area (Å²) in [5, 5.41) is 11.8. The number of rotatable bonds is 8. The van der Waals surface area contributed by atoms with Gasteiger partial charge in [0.1, 0.15) is 5.75 Å². The van der Waals surface area contributed by atoms with E-state index >= 15 is 0 Å². The van der Waals surface area contributed by atoms with Crippen LogP contribution in [0, 0.1) is 0 Å². The lowest BCUT2D eigenvalue weighted by atomic mass is 10.0. The van der Waals surface area contributed by atoms with Crippen LogP contribution in [0.1, 0.15) is 30.1 Å². The van der Waals surface area contributed by atoms with Crippen LogP contribution in [0.25, 0.3) is 10.8 Å². The number of carbonyl (C=O) groups excluding carboxylic acids is 1. The minimum absolute atomic E-state index is 0.0403. The Labute approximate surface area is 199 Å². The van der Waals surface area contributed by atoms with Crippen LogP contribution in [0.5, 0.6) is 5.75 Å². The number of nitrogens with one attached hydrogen (secondary N) is 1. The summed E-state index contributed by atoms with van der Waals surface area (Å²) in [6.45, 7) is 2.26. The molecule has 0 aromatic heterocycles. The van der Waals surface area contributed by atoms with Gasteiger partial charge in [-0.25, -0.2) is 13.1 Å². The number of phenols is 1. The van der Waals surface area contributed by atoms with E-state index in [0.717, 1.165) is 6.42 Å². The number of amides is 1. The van der Waals surface area contributed by atoms with E-state index in [9.17, 15) is 18.3 Å². The number of benzene rings is 4. The molecule has 34 heavy (non-hydrogen) atoms. The highest BCUT2D eigenvalue weighted by Gasteiger charge is 2.28. The molecule has 174 valence electrons. The van der Waals surface area contributed by atoms with E-state index < -0.39 is 15.9 Å². The first kappa shape index (κ1) is 23.5. The zero-order valence-corrected chi connectivity index (χ0v) is 19.6. The number of fused-ring (bicyclic) bond motifs is 1. The highest BCUT2D eigenvalue weighted by molar-refractivity contribution is 7.89. The van der Waals surface area contributed by atoms with Crippen LogP contribution in [0.2, 0.25) is 0 Å². The fourth-order valence-electron chi connectivity index (χ4n) is 3.83. The molecule has 0 saturated carbocycles. The number of unbranched alkanes of at least 4 members (excludes halogenated alkanes) is 1. The van der Waals surface area contributed by atoms with Crippen molar-refractivity contribution in [2.75, 3.05) is 11.4 Å². The SMILES string of the molecule is CCCCNS(=O)(=O)c1cc(C(=O)N(c2ccccc2)c2ccccc2)c(O)c2ccccc12. The number of para-hydroxylation sites is 2. The first-order chi connectivity index (χ1) is 16.4. The van der Waals surface area contributed by atoms with Gasteiger partial charge in [0.25, 0.3) is 5.91 Å². The molecule has 0 aliphatic heterocycles. The third-order valence-electron chi connectivity index (χ3n) is 5.55.